The Labute approximate surface area is 101 Å². The second kappa shape index (κ2) is 8.04. The molecule has 96 valence electrons. The van der Waals surface area contributed by atoms with Crippen molar-refractivity contribution < 1.29 is 4.74 Å². The van der Waals surface area contributed by atoms with Crippen LogP contribution in [0.4, 0.5) is 0 Å². The smallest absolute Gasteiger partial charge is 0.0509 e. The maximum atomic E-state index is 5.41. The SMILES string of the molecule is CCCN(CC)CCNC(C)C1CCOC1. The van der Waals surface area contributed by atoms with Crippen molar-refractivity contribution in [2.45, 2.75) is 39.7 Å². The van der Waals surface area contributed by atoms with E-state index in [2.05, 4.69) is 31.0 Å². The molecule has 1 fully saturated rings. The zero-order valence-corrected chi connectivity index (χ0v) is 11.2. The molecule has 2 unspecified atom stereocenters. The molecule has 1 N–H and O–H groups in total. The number of likely N-dealkylation sites (N-methyl/N-ethyl adjacent to an activating group) is 1. The van der Waals surface area contributed by atoms with Crippen LogP contribution in [0, 0.1) is 5.92 Å². The van der Waals surface area contributed by atoms with Gasteiger partial charge in [-0.1, -0.05) is 13.8 Å². The topological polar surface area (TPSA) is 24.5 Å². The number of ether oxygens (including phenoxy) is 1. The molecule has 16 heavy (non-hydrogen) atoms. The van der Waals surface area contributed by atoms with E-state index in [4.69, 9.17) is 4.74 Å². The van der Waals surface area contributed by atoms with Gasteiger partial charge < -0.3 is 15.0 Å². The first-order valence-corrected chi connectivity index (χ1v) is 6.81. The molecule has 3 nitrogen and oxygen atoms in total. The van der Waals surface area contributed by atoms with Crippen LogP contribution in [0.2, 0.25) is 0 Å². The molecule has 0 aromatic carbocycles. The lowest BCUT2D eigenvalue weighted by Gasteiger charge is -2.23. The third kappa shape index (κ3) is 4.81. The van der Waals surface area contributed by atoms with E-state index in [9.17, 15) is 0 Å². The molecule has 0 radical (unpaired) electrons. The lowest BCUT2D eigenvalue weighted by atomic mass is 10.0. The zero-order valence-electron chi connectivity index (χ0n) is 11.2. The van der Waals surface area contributed by atoms with Gasteiger partial charge in [-0.3, -0.25) is 0 Å². The molecule has 0 spiro atoms. The largest absolute Gasteiger partial charge is 0.381 e. The van der Waals surface area contributed by atoms with E-state index >= 15 is 0 Å². The van der Waals surface area contributed by atoms with Gasteiger partial charge in [-0.2, -0.15) is 0 Å². The summed E-state index contributed by atoms with van der Waals surface area (Å²) in [6, 6.07) is 0.600. The minimum Gasteiger partial charge on any atom is -0.381 e. The van der Waals surface area contributed by atoms with Crippen LogP contribution in [0.1, 0.15) is 33.6 Å². The maximum absolute atomic E-state index is 5.41. The molecule has 0 bridgehead atoms. The minimum atomic E-state index is 0.600. The fourth-order valence-electron chi connectivity index (χ4n) is 2.31. The Morgan fingerprint density at radius 3 is 2.75 bits per heavy atom. The van der Waals surface area contributed by atoms with Crippen LogP contribution < -0.4 is 5.32 Å². The highest BCUT2D eigenvalue weighted by Gasteiger charge is 2.21. The van der Waals surface area contributed by atoms with Gasteiger partial charge in [0.15, 0.2) is 0 Å². The molecular weight excluding hydrogens is 200 g/mol. The summed E-state index contributed by atoms with van der Waals surface area (Å²) in [5.74, 6) is 0.723. The van der Waals surface area contributed by atoms with Crippen LogP contribution in [0.3, 0.4) is 0 Å². The summed E-state index contributed by atoms with van der Waals surface area (Å²) in [7, 11) is 0. The van der Waals surface area contributed by atoms with Gasteiger partial charge >= 0.3 is 0 Å². The summed E-state index contributed by atoms with van der Waals surface area (Å²) in [4.78, 5) is 2.50. The van der Waals surface area contributed by atoms with E-state index in [0.717, 1.165) is 32.2 Å². The number of rotatable bonds is 8. The summed E-state index contributed by atoms with van der Waals surface area (Å²) in [6.07, 6.45) is 2.47. The van der Waals surface area contributed by atoms with Crippen molar-refractivity contribution in [2.24, 2.45) is 5.92 Å². The highest BCUT2D eigenvalue weighted by molar-refractivity contribution is 4.75. The van der Waals surface area contributed by atoms with Crippen molar-refractivity contribution in [1.82, 2.24) is 10.2 Å². The molecule has 1 rings (SSSR count). The number of nitrogens with one attached hydrogen (secondary N) is 1. The Bertz CT molecular complexity index is 169. The van der Waals surface area contributed by atoms with Crippen LogP contribution in [0.25, 0.3) is 0 Å². The summed E-state index contributed by atoms with van der Waals surface area (Å²) < 4.78 is 5.41. The van der Waals surface area contributed by atoms with Crippen molar-refractivity contribution >= 4 is 0 Å². The predicted octanol–water partition coefficient (Wildman–Crippen LogP) is 1.73. The normalized spacial score (nSPS) is 22.9. The predicted molar refractivity (Wildman–Crippen MR) is 68.8 cm³/mol. The molecular formula is C13H28N2O. The van der Waals surface area contributed by atoms with Crippen LogP contribution in [-0.4, -0.2) is 50.3 Å². The van der Waals surface area contributed by atoms with E-state index in [1.807, 2.05) is 0 Å². The van der Waals surface area contributed by atoms with E-state index < -0.39 is 0 Å². The van der Waals surface area contributed by atoms with Gasteiger partial charge in [0.1, 0.15) is 0 Å². The van der Waals surface area contributed by atoms with Gasteiger partial charge in [0, 0.05) is 25.7 Å². The molecule has 2 atom stereocenters. The van der Waals surface area contributed by atoms with Crippen molar-refractivity contribution in [2.75, 3.05) is 39.4 Å². The van der Waals surface area contributed by atoms with E-state index in [1.54, 1.807) is 0 Å². The van der Waals surface area contributed by atoms with E-state index in [0.29, 0.717) is 6.04 Å². The fraction of sp³-hybridized carbons (Fsp3) is 1.00. The maximum Gasteiger partial charge on any atom is 0.0509 e. The van der Waals surface area contributed by atoms with Crippen LogP contribution in [0.15, 0.2) is 0 Å². The Kier molecular flexibility index (Phi) is 7.01. The molecule has 0 amide bonds. The Morgan fingerprint density at radius 1 is 1.38 bits per heavy atom. The second-order valence-electron chi connectivity index (χ2n) is 4.80. The Balaban J connectivity index is 2.08. The first-order chi connectivity index (χ1) is 7.77. The van der Waals surface area contributed by atoms with Crippen LogP contribution >= 0.6 is 0 Å². The van der Waals surface area contributed by atoms with Crippen molar-refractivity contribution in [3.8, 4) is 0 Å². The second-order valence-corrected chi connectivity index (χ2v) is 4.80. The number of nitrogens with zero attached hydrogens (tertiary/aromatic N) is 1. The lowest BCUT2D eigenvalue weighted by molar-refractivity contribution is 0.177. The van der Waals surface area contributed by atoms with Crippen LogP contribution in [0.5, 0.6) is 0 Å². The Hall–Kier alpha value is -0.120. The average Bonchev–Trinajstić information content (AvgIpc) is 2.81. The summed E-state index contributed by atoms with van der Waals surface area (Å²) in [5.41, 5.74) is 0. The quantitative estimate of drug-likeness (QED) is 0.685. The zero-order chi connectivity index (χ0) is 11.8. The van der Waals surface area contributed by atoms with E-state index in [-0.39, 0.29) is 0 Å². The minimum absolute atomic E-state index is 0.600. The van der Waals surface area contributed by atoms with Crippen LogP contribution in [-0.2, 0) is 4.74 Å². The van der Waals surface area contributed by atoms with Gasteiger partial charge in [0.25, 0.3) is 0 Å². The van der Waals surface area contributed by atoms with Gasteiger partial charge in [0.2, 0.25) is 0 Å². The molecule has 1 aliphatic heterocycles. The molecule has 0 aromatic heterocycles. The van der Waals surface area contributed by atoms with Crippen molar-refractivity contribution in [3.63, 3.8) is 0 Å². The molecule has 0 aliphatic carbocycles. The molecule has 0 aromatic rings. The molecule has 0 saturated carbocycles. The summed E-state index contributed by atoms with van der Waals surface area (Å²) >= 11 is 0. The lowest BCUT2D eigenvalue weighted by Crippen LogP contribution is -2.39. The highest BCUT2D eigenvalue weighted by atomic mass is 16.5. The first-order valence-electron chi connectivity index (χ1n) is 6.81. The van der Waals surface area contributed by atoms with Crippen molar-refractivity contribution in [1.29, 1.82) is 0 Å². The third-order valence-corrected chi connectivity index (χ3v) is 3.55. The summed E-state index contributed by atoms with van der Waals surface area (Å²) in [5, 5.41) is 3.63. The molecule has 1 saturated heterocycles. The van der Waals surface area contributed by atoms with Gasteiger partial charge in [-0.15, -0.1) is 0 Å². The highest BCUT2D eigenvalue weighted by Crippen LogP contribution is 2.15. The van der Waals surface area contributed by atoms with Gasteiger partial charge in [0.05, 0.1) is 6.61 Å². The van der Waals surface area contributed by atoms with Gasteiger partial charge in [-0.05, 0) is 38.8 Å². The van der Waals surface area contributed by atoms with E-state index in [1.165, 1.54) is 25.9 Å². The average molecular weight is 228 g/mol. The first kappa shape index (κ1) is 13.9. The number of hydrogen-bond acceptors (Lipinski definition) is 3. The summed E-state index contributed by atoms with van der Waals surface area (Å²) in [6.45, 7) is 13.3. The van der Waals surface area contributed by atoms with Crippen molar-refractivity contribution in [3.05, 3.63) is 0 Å². The molecule has 1 aliphatic rings. The third-order valence-electron chi connectivity index (χ3n) is 3.55. The van der Waals surface area contributed by atoms with Gasteiger partial charge in [-0.25, -0.2) is 0 Å². The molecule has 3 heteroatoms. The Morgan fingerprint density at radius 2 is 2.19 bits per heavy atom. The number of hydrogen-bond donors (Lipinski definition) is 1. The fourth-order valence-corrected chi connectivity index (χ4v) is 2.31. The standard InChI is InChI=1S/C13H28N2O/c1-4-8-15(5-2)9-7-14-12(3)13-6-10-16-11-13/h12-14H,4-11H2,1-3H3. The molecule has 1 heterocycles. The monoisotopic (exact) mass is 228 g/mol.